The highest BCUT2D eigenvalue weighted by molar-refractivity contribution is 5.47. The molecular weight excluding hydrogens is 212 g/mol. The van der Waals surface area contributed by atoms with Gasteiger partial charge in [-0.05, 0) is 56.9 Å². The van der Waals surface area contributed by atoms with Gasteiger partial charge in [-0.15, -0.1) is 0 Å². The van der Waals surface area contributed by atoms with Gasteiger partial charge in [0, 0.05) is 18.3 Å². The fourth-order valence-corrected chi connectivity index (χ4v) is 2.17. The third-order valence-corrected chi connectivity index (χ3v) is 3.23. The number of nitrogens with two attached hydrogens (primary N) is 1. The third-order valence-electron chi connectivity index (χ3n) is 3.23. The third kappa shape index (κ3) is 3.63. The summed E-state index contributed by atoms with van der Waals surface area (Å²) >= 11 is 0. The minimum atomic E-state index is 0.302. The standard InChI is InChI=1S/C14H22N2O/c1-11(10-15)16-12-6-8-14(9-7-12)17-13-4-2-3-5-13/h6-9,11,13,16H,2-5,10,15H2,1H3. The van der Waals surface area contributed by atoms with E-state index in [1.165, 1.54) is 25.7 Å². The summed E-state index contributed by atoms with van der Waals surface area (Å²) in [5, 5.41) is 3.33. The van der Waals surface area contributed by atoms with Gasteiger partial charge >= 0.3 is 0 Å². The summed E-state index contributed by atoms with van der Waals surface area (Å²) in [6.07, 6.45) is 5.43. The average Bonchev–Trinajstić information content (AvgIpc) is 2.84. The minimum Gasteiger partial charge on any atom is -0.490 e. The van der Waals surface area contributed by atoms with Crippen molar-refractivity contribution in [1.82, 2.24) is 0 Å². The highest BCUT2D eigenvalue weighted by atomic mass is 16.5. The van der Waals surface area contributed by atoms with E-state index in [0.717, 1.165) is 11.4 Å². The molecule has 1 unspecified atom stereocenters. The molecule has 0 radical (unpaired) electrons. The number of benzene rings is 1. The monoisotopic (exact) mass is 234 g/mol. The van der Waals surface area contributed by atoms with E-state index >= 15 is 0 Å². The van der Waals surface area contributed by atoms with Crippen LogP contribution in [-0.2, 0) is 0 Å². The van der Waals surface area contributed by atoms with Crippen LogP contribution in [0.15, 0.2) is 24.3 Å². The molecule has 0 saturated heterocycles. The maximum absolute atomic E-state index is 5.91. The highest BCUT2D eigenvalue weighted by Crippen LogP contribution is 2.25. The number of nitrogens with one attached hydrogen (secondary N) is 1. The van der Waals surface area contributed by atoms with E-state index in [2.05, 4.69) is 24.4 Å². The van der Waals surface area contributed by atoms with Crippen molar-refractivity contribution in [3.63, 3.8) is 0 Å². The Bertz CT molecular complexity index is 331. The van der Waals surface area contributed by atoms with Gasteiger partial charge in [-0.2, -0.15) is 0 Å². The van der Waals surface area contributed by atoms with E-state index in [1.54, 1.807) is 0 Å². The molecule has 0 bridgehead atoms. The lowest BCUT2D eigenvalue weighted by Gasteiger charge is -2.15. The van der Waals surface area contributed by atoms with Crippen molar-refractivity contribution in [2.75, 3.05) is 11.9 Å². The molecule has 1 saturated carbocycles. The summed E-state index contributed by atoms with van der Waals surface area (Å²) in [7, 11) is 0. The van der Waals surface area contributed by atoms with Gasteiger partial charge in [-0.25, -0.2) is 0 Å². The molecule has 0 spiro atoms. The molecule has 2 rings (SSSR count). The SMILES string of the molecule is CC(CN)Nc1ccc(OC2CCCC2)cc1. The molecule has 3 N–H and O–H groups in total. The van der Waals surface area contributed by atoms with Crippen LogP contribution in [0.4, 0.5) is 5.69 Å². The summed E-state index contributed by atoms with van der Waals surface area (Å²) in [5.41, 5.74) is 6.67. The molecule has 3 nitrogen and oxygen atoms in total. The number of rotatable bonds is 5. The number of anilines is 1. The molecule has 1 aliphatic rings. The van der Waals surface area contributed by atoms with Gasteiger partial charge in [-0.1, -0.05) is 0 Å². The number of ether oxygens (including phenoxy) is 1. The highest BCUT2D eigenvalue weighted by Gasteiger charge is 2.16. The van der Waals surface area contributed by atoms with Crippen LogP contribution in [0, 0.1) is 0 Å². The van der Waals surface area contributed by atoms with Crippen LogP contribution in [-0.4, -0.2) is 18.7 Å². The van der Waals surface area contributed by atoms with Crippen molar-refractivity contribution in [1.29, 1.82) is 0 Å². The van der Waals surface area contributed by atoms with Gasteiger partial charge in [0.1, 0.15) is 5.75 Å². The van der Waals surface area contributed by atoms with Crippen molar-refractivity contribution in [3.8, 4) is 5.75 Å². The van der Waals surface area contributed by atoms with E-state index in [4.69, 9.17) is 10.5 Å². The lowest BCUT2D eigenvalue weighted by molar-refractivity contribution is 0.210. The van der Waals surface area contributed by atoms with E-state index < -0.39 is 0 Å². The predicted octanol–water partition coefficient (Wildman–Crippen LogP) is 2.77. The summed E-state index contributed by atoms with van der Waals surface area (Å²) in [6.45, 7) is 2.71. The minimum absolute atomic E-state index is 0.302. The molecule has 1 aliphatic carbocycles. The zero-order chi connectivity index (χ0) is 12.1. The Balaban J connectivity index is 1.88. The Hall–Kier alpha value is -1.22. The first-order valence-corrected chi connectivity index (χ1v) is 6.51. The lowest BCUT2D eigenvalue weighted by Crippen LogP contribution is -2.25. The second kappa shape index (κ2) is 5.92. The van der Waals surface area contributed by atoms with E-state index in [9.17, 15) is 0 Å². The molecule has 1 fully saturated rings. The maximum atomic E-state index is 5.91. The predicted molar refractivity (Wildman–Crippen MR) is 71.5 cm³/mol. The van der Waals surface area contributed by atoms with E-state index in [-0.39, 0.29) is 0 Å². The van der Waals surface area contributed by atoms with Gasteiger partial charge in [0.25, 0.3) is 0 Å². The topological polar surface area (TPSA) is 47.3 Å². The molecule has 0 aromatic heterocycles. The Morgan fingerprint density at radius 2 is 1.94 bits per heavy atom. The van der Waals surface area contributed by atoms with Crippen LogP contribution in [0.1, 0.15) is 32.6 Å². The molecule has 0 aliphatic heterocycles. The van der Waals surface area contributed by atoms with Crippen molar-refractivity contribution in [3.05, 3.63) is 24.3 Å². The summed E-state index contributed by atoms with van der Waals surface area (Å²) in [4.78, 5) is 0. The smallest absolute Gasteiger partial charge is 0.119 e. The average molecular weight is 234 g/mol. The van der Waals surface area contributed by atoms with Crippen molar-refractivity contribution in [2.24, 2.45) is 5.73 Å². The Morgan fingerprint density at radius 3 is 2.53 bits per heavy atom. The van der Waals surface area contributed by atoms with E-state index in [0.29, 0.717) is 18.7 Å². The Morgan fingerprint density at radius 1 is 1.29 bits per heavy atom. The molecule has 0 amide bonds. The van der Waals surface area contributed by atoms with Gasteiger partial charge < -0.3 is 15.8 Å². The Kier molecular flexibility index (Phi) is 4.26. The fraction of sp³-hybridized carbons (Fsp3) is 0.571. The van der Waals surface area contributed by atoms with Crippen molar-refractivity contribution >= 4 is 5.69 Å². The van der Waals surface area contributed by atoms with Crippen LogP contribution < -0.4 is 15.8 Å². The van der Waals surface area contributed by atoms with Gasteiger partial charge in [0.05, 0.1) is 6.10 Å². The first kappa shape index (κ1) is 12.2. The normalized spacial score (nSPS) is 18.0. The van der Waals surface area contributed by atoms with Gasteiger partial charge in [0.2, 0.25) is 0 Å². The fourth-order valence-electron chi connectivity index (χ4n) is 2.17. The number of hydrogen-bond donors (Lipinski definition) is 2. The maximum Gasteiger partial charge on any atom is 0.119 e. The molecule has 0 heterocycles. The van der Waals surface area contributed by atoms with Crippen LogP contribution in [0.5, 0.6) is 5.75 Å². The van der Waals surface area contributed by atoms with Crippen molar-refractivity contribution < 1.29 is 4.74 Å². The molecule has 94 valence electrons. The van der Waals surface area contributed by atoms with Gasteiger partial charge in [-0.3, -0.25) is 0 Å². The lowest BCUT2D eigenvalue weighted by atomic mass is 10.2. The number of hydrogen-bond acceptors (Lipinski definition) is 3. The first-order chi connectivity index (χ1) is 8.28. The molecule has 1 aromatic rings. The van der Waals surface area contributed by atoms with Crippen LogP contribution in [0.25, 0.3) is 0 Å². The second-order valence-corrected chi connectivity index (χ2v) is 4.83. The van der Waals surface area contributed by atoms with E-state index in [1.807, 2.05) is 12.1 Å². The van der Waals surface area contributed by atoms with Crippen LogP contribution in [0.3, 0.4) is 0 Å². The van der Waals surface area contributed by atoms with Crippen molar-refractivity contribution in [2.45, 2.75) is 44.8 Å². The summed E-state index contributed by atoms with van der Waals surface area (Å²) < 4.78 is 5.91. The Labute approximate surface area is 103 Å². The summed E-state index contributed by atoms with van der Waals surface area (Å²) in [5.74, 6) is 0.975. The molecule has 17 heavy (non-hydrogen) atoms. The van der Waals surface area contributed by atoms with Crippen LogP contribution in [0.2, 0.25) is 0 Å². The second-order valence-electron chi connectivity index (χ2n) is 4.83. The molecule has 1 aromatic carbocycles. The molecule has 3 heteroatoms. The first-order valence-electron chi connectivity index (χ1n) is 6.51. The zero-order valence-corrected chi connectivity index (χ0v) is 10.5. The van der Waals surface area contributed by atoms with Gasteiger partial charge in [0.15, 0.2) is 0 Å². The molecular formula is C14H22N2O. The quantitative estimate of drug-likeness (QED) is 0.823. The summed E-state index contributed by atoms with van der Waals surface area (Å²) in [6, 6.07) is 8.47. The largest absolute Gasteiger partial charge is 0.490 e. The molecule has 1 atom stereocenters. The zero-order valence-electron chi connectivity index (χ0n) is 10.5. The van der Waals surface area contributed by atoms with Crippen LogP contribution >= 0.6 is 0 Å².